The van der Waals surface area contributed by atoms with Gasteiger partial charge in [0.2, 0.25) is 9.70 Å². The van der Waals surface area contributed by atoms with Crippen LogP contribution in [0.1, 0.15) is 20.3 Å². The normalized spacial score (nSPS) is 18.8. The van der Waals surface area contributed by atoms with Crippen LogP contribution in [0.2, 0.25) is 0 Å². The average molecular weight is 440 g/mol. The zero-order chi connectivity index (χ0) is 16.9. The van der Waals surface area contributed by atoms with E-state index in [1.54, 1.807) is 41.4 Å². The number of hydrogen-bond donors (Lipinski definition) is 2. The number of urea groups is 1. The molecule has 0 aliphatic carbocycles. The Kier molecular flexibility index (Phi) is 7.60. The van der Waals surface area contributed by atoms with Crippen molar-refractivity contribution in [3.8, 4) is 0 Å². The molecule has 0 saturated carbocycles. The maximum absolute atomic E-state index is 12.1. The van der Waals surface area contributed by atoms with Gasteiger partial charge >= 0.3 is 6.03 Å². The topological polar surface area (TPSA) is 105 Å². The molecule has 0 bridgehead atoms. The summed E-state index contributed by atoms with van der Waals surface area (Å²) in [7, 11) is 1.64. The van der Waals surface area contributed by atoms with E-state index < -0.39 is 18.0 Å². The molecule has 0 spiro atoms. The van der Waals surface area contributed by atoms with Crippen molar-refractivity contribution in [1.29, 1.82) is 0 Å². The molecule has 2 atom stereocenters. The first kappa shape index (κ1) is 19.2. The lowest BCUT2D eigenvalue weighted by Gasteiger charge is -2.22. The second-order valence-electron chi connectivity index (χ2n) is 5.44. The van der Waals surface area contributed by atoms with E-state index in [0.29, 0.717) is 12.5 Å². The number of halogens is 1. The summed E-state index contributed by atoms with van der Waals surface area (Å²) in [5, 5.41) is 3.63. The van der Waals surface area contributed by atoms with Crippen molar-refractivity contribution in [3.05, 3.63) is 0 Å². The molecule has 0 radical (unpaired) electrons. The molecule has 3 N–H and O–H groups in total. The third-order valence-electron chi connectivity index (χ3n) is 3.04. The summed E-state index contributed by atoms with van der Waals surface area (Å²) in [6, 6.07) is -1.24. The molecule has 1 rings (SSSR count). The van der Waals surface area contributed by atoms with Crippen molar-refractivity contribution in [2.24, 2.45) is 16.6 Å². The van der Waals surface area contributed by atoms with Crippen molar-refractivity contribution < 1.29 is 14.4 Å². The Morgan fingerprint density at radius 3 is 2.59 bits per heavy atom. The SMILES string of the molecule is CC(C)C1=NC(CN(C)C(=O)NC(CC(N)=O)C(=O)I)CS1. The van der Waals surface area contributed by atoms with E-state index in [4.69, 9.17) is 5.73 Å². The zero-order valence-corrected chi connectivity index (χ0v) is 15.8. The number of aliphatic imine (C=N–C) groups is 1. The Labute approximate surface area is 148 Å². The van der Waals surface area contributed by atoms with Gasteiger partial charge in [0.1, 0.15) is 6.04 Å². The Morgan fingerprint density at radius 2 is 2.14 bits per heavy atom. The van der Waals surface area contributed by atoms with Crippen LogP contribution >= 0.6 is 34.4 Å². The Hall–Kier alpha value is -0.840. The number of nitrogens with zero attached hydrogens (tertiary/aromatic N) is 2. The first-order valence-corrected chi connectivity index (χ1v) is 8.97. The minimum atomic E-state index is -0.888. The van der Waals surface area contributed by atoms with Gasteiger partial charge < -0.3 is 16.0 Å². The van der Waals surface area contributed by atoms with Crippen LogP contribution in [0.4, 0.5) is 4.79 Å². The number of rotatable bonds is 7. The fourth-order valence-corrected chi connectivity index (χ4v) is 3.37. The summed E-state index contributed by atoms with van der Waals surface area (Å²) in [4.78, 5) is 40.5. The molecule has 124 valence electrons. The monoisotopic (exact) mass is 440 g/mol. The number of primary amides is 1. The summed E-state index contributed by atoms with van der Waals surface area (Å²) in [5.74, 6) is 0.614. The van der Waals surface area contributed by atoms with Crippen LogP contribution in [0, 0.1) is 5.92 Å². The highest BCUT2D eigenvalue weighted by Gasteiger charge is 2.26. The van der Waals surface area contributed by atoms with Crippen molar-refractivity contribution in [3.63, 3.8) is 0 Å². The lowest BCUT2D eigenvalue weighted by Crippen LogP contribution is -2.48. The maximum Gasteiger partial charge on any atom is 0.317 e. The minimum absolute atomic E-state index is 0.0584. The number of carbonyl (C=O) groups excluding carboxylic acids is 3. The third-order valence-corrected chi connectivity index (χ3v) is 5.21. The fraction of sp³-hybridized carbons (Fsp3) is 0.692. The highest BCUT2D eigenvalue weighted by Crippen LogP contribution is 2.23. The molecule has 9 heteroatoms. The van der Waals surface area contributed by atoms with E-state index in [2.05, 4.69) is 24.2 Å². The number of thioether (sulfide) groups is 1. The van der Waals surface area contributed by atoms with Crippen molar-refractivity contribution in [1.82, 2.24) is 10.2 Å². The number of amides is 3. The molecule has 3 amide bonds. The first-order valence-electron chi connectivity index (χ1n) is 6.90. The molecular formula is C13H21IN4O3S. The van der Waals surface area contributed by atoms with Gasteiger partial charge in [-0.2, -0.15) is 0 Å². The summed E-state index contributed by atoms with van der Waals surface area (Å²) < 4.78 is -0.324. The van der Waals surface area contributed by atoms with Crippen LogP contribution in [0.25, 0.3) is 0 Å². The third kappa shape index (κ3) is 6.11. The summed E-state index contributed by atoms with van der Waals surface area (Å²) in [6.07, 6.45) is -0.198. The Bertz CT molecular complexity index is 484. The summed E-state index contributed by atoms with van der Waals surface area (Å²) in [5.41, 5.74) is 5.08. The van der Waals surface area contributed by atoms with Crippen LogP contribution < -0.4 is 11.1 Å². The van der Waals surface area contributed by atoms with Crippen LogP contribution in [0.5, 0.6) is 0 Å². The first-order chi connectivity index (χ1) is 10.2. The number of carbonyl (C=O) groups is 3. The van der Waals surface area contributed by atoms with Crippen LogP contribution in [0.15, 0.2) is 4.99 Å². The van der Waals surface area contributed by atoms with E-state index >= 15 is 0 Å². The predicted octanol–water partition coefficient (Wildman–Crippen LogP) is 1.00. The van der Waals surface area contributed by atoms with Gasteiger partial charge in [0.25, 0.3) is 0 Å². The van der Waals surface area contributed by atoms with Gasteiger partial charge in [-0.15, -0.1) is 11.8 Å². The van der Waals surface area contributed by atoms with Gasteiger partial charge in [-0.3, -0.25) is 14.6 Å². The highest BCUT2D eigenvalue weighted by molar-refractivity contribution is 14.1. The van der Waals surface area contributed by atoms with Crippen LogP contribution in [-0.2, 0) is 9.59 Å². The van der Waals surface area contributed by atoms with Crippen molar-refractivity contribution in [2.75, 3.05) is 19.3 Å². The molecule has 0 aromatic carbocycles. The largest absolute Gasteiger partial charge is 0.370 e. The zero-order valence-electron chi connectivity index (χ0n) is 12.8. The summed E-state index contributed by atoms with van der Waals surface area (Å²) >= 11 is 3.26. The van der Waals surface area contributed by atoms with Crippen molar-refractivity contribution >= 4 is 55.1 Å². The molecule has 1 heterocycles. The number of nitrogens with two attached hydrogens (primary N) is 1. The van der Waals surface area contributed by atoms with Gasteiger partial charge in [-0.1, -0.05) is 13.8 Å². The Morgan fingerprint density at radius 1 is 1.50 bits per heavy atom. The van der Waals surface area contributed by atoms with Crippen molar-refractivity contribution in [2.45, 2.75) is 32.4 Å². The van der Waals surface area contributed by atoms with Crippen LogP contribution in [0.3, 0.4) is 0 Å². The van der Waals surface area contributed by atoms with Gasteiger partial charge in [-0.05, 0) is 0 Å². The molecule has 0 saturated heterocycles. The second kappa shape index (κ2) is 8.70. The standard InChI is InChI=1S/C13H21IN4O3S/c1-7(2)12-16-8(6-22-12)5-18(3)13(21)17-9(11(14)20)4-10(15)19/h7-9H,4-6H2,1-3H3,(H2,15,19)(H,17,21). The maximum atomic E-state index is 12.1. The van der Waals surface area contributed by atoms with Gasteiger partial charge in [0, 0.05) is 47.9 Å². The van der Waals surface area contributed by atoms with Gasteiger partial charge in [0.05, 0.1) is 17.5 Å². The highest BCUT2D eigenvalue weighted by atomic mass is 127. The summed E-state index contributed by atoms with van der Waals surface area (Å²) in [6.45, 7) is 4.64. The smallest absolute Gasteiger partial charge is 0.317 e. The quantitative estimate of drug-likeness (QED) is 0.455. The van der Waals surface area contributed by atoms with E-state index in [-0.39, 0.29) is 16.3 Å². The van der Waals surface area contributed by atoms with Crippen LogP contribution in [-0.4, -0.2) is 57.1 Å². The van der Waals surface area contributed by atoms with Gasteiger partial charge in [-0.25, -0.2) is 4.79 Å². The molecule has 0 aromatic rings. The second-order valence-corrected chi connectivity index (χ2v) is 7.55. The number of nitrogens with one attached hydrogen (secondary N) is 1. The lowest BCUT2D eigenvalue weighted by atomic mass is 10.2. The minimum Gasteiger partial charge on any atom is -0.370 e. The van der Waals surface area contributed by atoms with E-state index in [1.165, 1.54) is 4.90 Å². The molecule has 1 aliphatic heterocycles. The molecule has 0 aromatic heterocycles. The molecule has 22 heavy (non-hydrogen) atoms. The van der Waals surface area contributed by atoms with E-state index in [9.17, 15) is 14.4 Å². The number of likely N-dealkylation sites (N-methyl/N-ethyl adjacent to an activating group) is 1. The molecule has 2 unspecified atom stereocenters. The van der Waals surface area contributed by atoms with Gasteiger partial charge in [0.15, 0.2) is 0 Å². The average Bonchev–Trinajstić information content (AvgIpc) is 2.85. The Balaban J connectivity index is 2.54. The molecule has 0 fully saturated rings. The number of hydrogen-bond acceptors (Lipinski definition) is 5. The lowest BCUT2D eigenvalue weighted by molar-refractivity contribution is -0.121. The van der Waals surface area contributed by atoms with E-state index in [0.717, 1.165) is 10.8 Å². The fourth-order valence-electron chi connectivity index (χ4n) is 1.89. The van der Waals surface area contributed by atoms with E-state index in [1.807, 2.05) is 0 Å². The molecular weight excluding hydrogens is 419 g/mol. The molecule has 7 nitrogen and oxygen atoms in total. The molecule has 1 aliphatic rings. The predicted molar refractivity (Wildman–Crippen MR) is 96.3 cm³/mol.